The van der Waals surface area contributed by atoms with Crippen molar-refractivity contribution in [3.63, 3.8) is 0 Å². The zero-order chi connectivity index (χ0) is 35.4. The van der Waals surface area contributed by atoms with Gasteiger partial charge in [-0.15, -0.1) is 0 Å². The van der Waals surface area contributed by atoms with Gasteiger partial charge in [-0.05, 0) is 110 Å². The quantitative estimate of drug-likeness (QED) is 0.176. The smallest absolute Gasteiger partial charge is 0.193 e. The van der Waals surface area contributed by atoms with Crippen molar-refractivity contribution in [3.05, 3.63) is 160 Å². The Kier molecular flexibility index (Phi) is 8.57. The second kappa shape index (κ2) is 13.0. The summed E-state index contributed by atoms with van der Waals surface area (Å²) in [4.78, 5) is 5.69. The lowest BCUT2D eigenvalue weighted by molar-refractivity contribution is 0.0520. The van der Waals surface area contributed by atoms with Gasteiger partial charge in [-0.1, -0.05) is 164 Å². The number of aryl methyl sites for hydroxylation is 2. The second-order valence-corrected chi connectivity index (χ2v) is 16.4. The van der Waals surface area contributed by atoms with Crippen LogP contribution in [0, 0.1) is 24.7 Å². The molecule has 3 aromatic rings. The maximum absolute atomic E-state index is 5.69. The molecule has 8 rings (SSSR count). The minimum absolute atomic E-state index is 0.387. The molecule has 2 heteroatoms. The predicted octanol–water partition coefficient (Wildman–Crippen LogP) is 12.0. The van der Waals surface area contributed by atoms with E-state index in [2.05, 4.69) is 144 Å². The fourth-order valence-electron chi connectivity index (χ4n) is 10.6. The van der Waals surface area contributed by atoms with Gasteiger partial charge in [-0.25, -0.2) is 0 Å². The number of nitrogens with zero attached hydrogens (tertiary/aromatic N) is 1. The highest BCUT2D eigenvalue weighted by molar-refractivity contribution is 6.64. The maximum Gasteiger partial charge on any atom is 0.193 e. The van der Waals surface area contributed by atoms with Gasteiger partial charge in [0.1, 0.15) is 0 Å². The van der Waals surface area contributed by atoms with Crippen LogP contribution in [0.15, 0.2) is 137 Å². The highest BCUT2D eigenvalue weighted by Gasteiger charge is 2.54. The van der Waals surface area contributed by atoms with Crippen molar-refractivity contribution in [2.45, 2.75) is 91.4 Å². The highest BCUT2D eigenvalue weighted by Crippen LogP contribution is 2.63. The molecule has 2 fully saturated rings. The SMILES string of the molecule is C=C/C=C\C(Bc1c(C)cc(C)cc1-c1cccc2c1N=C(/C=C\C=C/C)C21C2=CCCC=C2c2ccccc21)=C1CC2(C)CCCCC2(C)C1. The van der Waals surface area contributed by atoms with Crippen molar-refractivity contribution < 1.29 is 0 Å². The third-order valence-electron chi connectivity index (χ3n) is 13.3. The molecule has 1 nitrogen and oxygen atoms in total. The number of benzene rings is 3. The molecule has 0 bridgehead atoms. The molecule has 4 aliphatic carbocycles. The van der Waals surface area contributed by atoms with E-state index in [1.165, 1.54) is 99.6 Å². The Morgan fingerprint density at radius 1 is 0.824 bits per heavy atom. The molecular formula is C49H52BN. The summed E-state index contributed by atoms with van der Waals surface area (Å²) in [6.07, 6.45) is 30.1. The fourth-order valence-corrected chi connectivity index (χ4v) is 10.6. The van der Waals surface area contributed by atoms with Crippen LogP contribution in [0.1, 0.15) is 100.0 Å². The topological polar surface area (TPSA) is 12.4 Å². The summed E-state index contributed by atoms with van der Waals surface area (Å²) in [5.41, 5.74) is 19.2. The van der Waals surface area contributed by atoms with Crippen LogP contribution in [0.4, 0.5) is 5.69 Å². The molecule has 0 aromatic heterocycles. The summed E-state index contributed by atoms with van der Waals surface area (Å²) >= 11 is 0. The van der Waals surface area contributed by atoms with E-state index in [-0.39, 0.29) is 0 Å². The Hall–Kier alpha value is -4.43. The van der Waals surface area contributed by atoms with Crippen LogP contribution in [0.2, 0.25) is 0 Å². The average molecular weight is 666 g/mol. The van der Waals surface area contributed by atoms with Crippen molar-refractivity contribution >= 4 is 29.7 Å². The first-order chi connectivity index (χ1) is 24.7. The van der Waals surface area contributed by atoms with Crippen molar-refractivity contribution in [3.8, 4) is 11.1 Å². The maximum atomic E-state index is 5.69. The molecule has 1 aliphatic heterocycles. The Labute approximate surface area is 307 Å². The minimum Gasteiger partial charge on any atom is -0.251 e. The molecule has 1 spiro atoms. The van der Waals surface area contributed by atoms with Gasteiger partial charge in [0, 0.05) is 5.56 Å². The number of rotatable bonds is 7. The summed E-state index contributed by atoms with van der Waals surface area (Å²) in [6.45, 7) is 15.9. The fraction of sp³-hybridized carbons (Fsp3) is 0.327. The Balaban J connectivity index is 1.33. The van der Waals surface area contributed by atoms with Gasteiger partial charge >= 0.3 is 0 Å². The van der Waals surface area contributed by atoms with E-state index in [0.717, 1.165) is 31.5 Å². The lowest BCUT2D eigenvalue weighted by Gasteiger charge is -2.45. The molecule has 2 saturated carbocycles. The van der Waals surface area contributed by atoms with Crippen LogP contribution < -0.4 is 5.46 Å². The number of hydrogen-bond donors (Lipinski definition) is 0. The predicted molar refractivity (Wildman–Crippen MR) is 222 cm³/mol. The summed E-state index contributed by atoms with van der Waals surface area (Å²) in [6, 6.07) is 20.9. The monoisotopic (exact) mass is 665 g/mol. The number of aliphatic imine (C=N–C) groups is 1. The molecule has 3 atom stereocenters. The molecule has 0 saturated heterocycles. The zero-order valence-corrected chi connectivity index (χ0v) is 31.4. The van der Waals surface area contributed by atoms with Gasteiger partial charge in [0.05, 0.1) is 16.8 Å². The van der Waals surface area contributed by atoms with E-state index in [0.29, 0.717) is 10.8 Å². The lowest BCUT2D eigenvalue weighted by Crippen LogP contribution is -2.35. The molecular weight excluding hydrogens is 613 g/mol. The first kappa shape index (κ1) is 33.7. The van der Waals surface area contributed by atoms with Crippen LogP contribution in [0.5, 0.6) is 0 Å². The Morgan fingerprint density at radius 2 is 1.55 bits per heavy atom. The Morgan fingerprint density at radius 3 is 2.31 bits per heavy atom. The third-order valence-corrected chi connectivity index (χ3v) is 13.3. The van der Waals surface area contributed by atoms with Crippen LogP contribution in [0.25, 0.3) is 16.7 Å². The standard InChI is InChI=1S/C49H52BN/c1-7-9-11-26-44-49(40-22-14-12-19-36(40)37-20-13-15-23-41(37)49)42-24-18-21-38(46(42)51-44)39-30-33(3)29-34(4)45(39)50-43(25-10-8-2)35-31-47(5)27-16-17-28-48(47,6)32-35/h7-12,14,18-26,29-30,50H,2,13,15-17,27-28,31-32H2,1,3-6H3/b9-7-,25-10-,26-11-,43-35?. The summed E-state index contributed by atoms with van der Waals surface area (Å²) in [7, 11) is 0.917. The zero-order valence-electron chi connectivity index (χ0n) is 31.4. The largest absolute Gasteiger partial charge is 0.251 e. The Bertz CT molecular complexity index is 2140. The van der Waals surface area contributed by atoms with Crippen molar-refractivity contribution in [1.29, 1.82) is 0 Å². The molecule has 256 valence electrons. The highest BCUT2D eigenvalue weighted by atomic mass is 14.8. The normalized spacial score (nSPS) is 26.3. The van der Waals surface area contributed by atoms with E-state index in [1.807, 2.05) is 6.08 Å². The van der Waals surface area contributed by atoms with Crippen molar-refractivity contribution in [1.82, 2.24) is 0 Å². The molecule has 3 aromatic carbocycles. The van der Waals surface area contributed by atoms with E-state index < -0.39 is 5.41 Å². The first-order valence-electron chi connectivity index (χ1n) is 19.4. The van der Waals surface area contributed by atoms with E-state index >= 15 is 0 Å². The van der Waals surface area contributed by atoms with Gasteiger partial charge < -0.3 is 0 Å². The van der Waals surface area contributed by atoms with Gasteiger partial charge in [0.25, 0.3) is 0 Å². The molecule has 51 heavy (non-hydrogen) atoms. The minimum atomic E-state index is -0.420. The number of fused-ring (bicyclic) bond motifs is 8. The molecule has 0 amide bonds. The van der Waals surface area contributed by atoms with Gasteiger partial charge in [0.2, 0.25) is 0 Å². The summed E-state index contributed by atoms with van der Waals surface area (Å²) in [5, 5.41) is 0. The lowest BCUT2D eigenvalue weighted by atomic mass is 9.57. The van der Waals surface area contributed by atoms with E-state index in [4.69, 9.17) is 4.99 Å². The third kappa shape index (κ3) is 5.23. The molecule has 5 aliphatic rings. The molecule has 0 radical (unpaired) electrons. The molecule has 0 N–H and O–H groups in total. The van der Waals surface area contributed by atoms with Crippen LogP contribution >= 0.6 is 0 Å². The van der Waals surface area contributed by atoms with Gasteiger partial charge in [0.15, 0.2) is 7.28 Å². The van der Waals surface area contributed by atoms with Crippen LogP contribution in [-0.4, -0.2) is 13.0 Å². The summed E-state index contributed by atoms with van der Waals surface area (Å²) < 4.78 is 0. The first-order valence-corrected chi connectivity index (χ1v) is 19.4. The number of para-hydroxylation sites is 1. The van der Waals surface area contributed by atoms with E-state index in [9.17, 15) is 0 Å². The molecule has 1 heterocycles. The van der Waals surface area contributed by atoms with Gasteiger partial charge in [-0.3, -0.25) is 4.99 Å². The van der Waals surface area contributed by atoms with Crippen LogP contribution in [-0.2, 0) is 5.41 Å². The van der Waals surface area contributed by atoms with Gasteiger partial charge in [-0.2, -0.15) is 0 Å². The molecule has 3 unspecified atom stereocenters. The van der Waals surface area contributed by atoms with Crippen molar-refractivity contribution in [2.75, 3.05) is 0 Å². The second-order valence-electron chi connectivity index (χ2n) is 16.4. The average Bonchev–Trinajstić information content (AvgIpc) is 3.73. The number of hydrogen-bond acceptors (Lipinski definition) is 1. The van der Waals surface area contributed by atoms with E-state index in [1.54, 1.807) is 5.57 Å². The number of allylic oxidation sites excluding steroid dienone is 13. The van der Waals surface area contributed by atoms with Crippen LogP contribution in [0.3, 0.4) is 0 Å². The summed E-state index contributed by atoms with van der Waals surface area (Å²) in [5.74, 6) is 0. The van der Waals surface area contributed by atoms with Crippen molar-refractivity contribution in [2.24, 2.45) is 15.8 Å².